The minimum absolute atomic E-state index is 0.137. The van der Waals surface area contributed by atoms with E-state index in [1.807, 2.05) is 6.92 Å². The number of hydrogen-bond donors (Lipinski definition) is 0. The first-order valence-electron chi connectivity index (χ1n) is 8.32. The van der Waals surface area contributed by atoms with Gasteiger partial charge in [-0.15, -0.1) is 0 Å². The van der Waals surface area contributed by atoms with Crippen molar-refractivity contribution in [3.05, 3.63) is 52.4 Å². The monoisotopic (exact) mass is 366 g/mol. The number of fused-ring (bicyclic) bond motifs is 3. The van der Waals surface area contributed by atoms with Crippen LogP contribution in [-0.4, -0.2) is 21.3 Å². The zero-order valence-electron chi connectivity index (χ0n) is 15.4. The number of benzene rings is 2. The maximum Gasteiger partial charge on any atom is 0.203 e. The van der Waals surface area contributed by atoms with Gasteiger partial charge in [0.25, 0.3) is 0 Å². The van der Waals surface area contributed by atoms with Gasteiger partial charge in [0.1, 0.15) is 16.9 Å². The molecule has 0 amide bonds. The number of furan rings is 1. The van der Waals surface area contributed by atoms with Crippen molar-refractivity contribution >= 4 is 21.9 Å². The average molecular weight is 366 g/mol. The van der Waals surface area contributed by atoms with Crippen LogP contribution in [-0.2, 0) is 0 Å². The minimum atomic E-state index is -0.137. The van der Waals surface area contributed by atoms with Crippen LogP contribution in [0, 0.1) is 6.92 Å². The van der Waals surface area contributed by atoms with Gasteiger partial charge >= 0.3 is 0 Å². The second-order valence-electron chi connectivity index (χ2n) is 6.12. The maximum absolute atomic E-state index is 12.7. The SMILES string of the molecule is COc1cc(-c2cc(=O)c3ccc4occ(C)c4c3o2)cc(OC)c1OC. The normalized spacial score (nSPS) is 11.1. The molecule has 0 unspecified atom stereocenters. The molecule has 0 atom stereocenters. The molecule has 2 aromatic carbocycles. The fraction of sp³-hybridized carbons (Fsp3) is 0.190. The third-order valence-electron chi connectivity index (χ3n) is 4.57. The van der Waals surface area contributed by atoms with Gasteiger partial charge in [0.2, 0.25) is 5.75 Å². The molecule has 0 radical (unpaired) electrons. The molecule has 2 aromatic heterocycles. The number of ether oxygens (including phenoxy) is 3. The van der Waals surface area contributed by atoms with Crippen LogP contribution in [0.3, 0.4) is 0 Å². The minimum Gasteiger partial charge on any atom is -0.493 e. The van der Waals surface area contributed by atoms with Gasteiger partial charge < -0.3 is 23.0 Å². The highest BCUT2D eigenvalue weighted by Crippen LogP contribution is 2.41. The van der Waals surface area contributed by atoms with Gasteiger partial charge in [-0.1, -0.05) is 0 Å². The van der Waals surface area contributed by atoms with E-state index in [4.69, 9.17) is 23.0 Å². The Kier molecular flexibility index (Phi) is 4.03. The fourth-order valence-corrected chi connectivity index (χ4v) is 3.25. The third kappa shape index (κ3) is 2.61. The molecular weight excluding hydrogens is 348 g/mol. The van der Waals surface area contributed by atoms with Crippen molar-refractivity contribution < 1.29 is 23.0 Å². The van der Waals surface area contributed by atoms with Crippen molar-refractivity contribution in [2.24, 2.45) is 0 Å². The summed E-state index contributed by atoms with van der Waals surface area (Å²) in [5, 5.41) is 1.29. The van der Waals surface area contributed by atoms with Gasteiger partial charge in [-0.25, -0.2) is 0 Å². The van der Waals surface area contributed by atoms with E-state index in [1.54, 1.807) is 30.5 Å². The van der Waals surface area contributed by atoms with E-state index in [2.05, 4.69) is 0 Å². The van der Waals surface area contributed by atoms with Crippen molar-refractivity contribution in [2.45, 2.75) is 6.92 Å². The Morgan fingerprint density at radius 2 is 1.63 bits per heavy atom. The lowest BCUT2D eigenvalue weighted by molar-refractivity contribution is 0.324. The van der Waals surface area contributed by atoms with E-state index in [0.717, 1.165) is 10.9 Å². The van der Waals surface area contributed by atoms with Crippen LogP contribution in [0.15, 0.2) is 50.2 Å². The van der Waals surface area contributed by atoms with Gasteiger partial charge in [0, 0.05) is 11.6 Å². The van der Waals surface area contributed by atoms with Crippen LogP contribution < -0.4 is 19.6 Å². The topological polar surface area (TPSA) is 71.0 Å². The van der Waals surface area contributed by atoms with Gasteiger partial charge in [0.05, 0.1) is 38.4 Å². The molecule has 0 saturated carbocycles. The fourth-order valence-electron chi connectivity index (χ4n) is 3.25. The predicted molar refractivity (Wildman–Crippen MR) is 102 cm³/mol. The summed E-state index contributed by atoms with van der Waals surface area (Å²) < 4.78 is 27.8. The summed E-state index contributed by atoms with van der Waals surface area (Å²) in [7, 11) is 4.61. The lowest BCUT2D eigenvalue weighted by Crippen LogP contribution is -2.01. The molecular formula is C21H18O6. The molecule has 0 bridgehead atoms. The summed E-state index contributed by atoms with van der Waals surface area (Å²) in [5.74, 6) is 1.83. The van der Waals surface area contributed by atoms with E-state index in [1.165, 1.54) is 27.4 Å². The van der Waals surface area contributed by atoms with Crippen LogP contribution in [0.5, 0.6) is 17.2 Å². The van der Waals surface area contributed by atoms with Crippen molar-refractivity contribution in [3.8, 4) is 28.6 Å². The van der Waals surface area contributed by atoms with Crippen molar-refractivity contribution in [2.75, 3.05) is 21.3 Å². The van der Waals surface area contributed by atoms with E-state index in [-0.39, 0.29) is 5.43 Å². The van der Waals surface area contributed by atoms with Gasteiger partial charge in [-0.3, -0.25) is 4.79 Å². The average Bonchev–Trinajstić information content (AvgIpc) is 3.08. The number of rotatable bonds is 4. The van der Waals surface area contributed by atoms with Crippen LogP contribution in [0.1, 0.15) is 5.56 Å². The summed E-state index contributed by atoms with van der Waals surface area (Å²) in [6, 6.07) is 8.44. The largest absolute Gasteiger partial charge is 0.493 e. The molecule has 4 rings (SSSR count). The molecule has 0 saturated heterocycles. The van der Waals surface area contributed by atoms with Crippen LogP contribution in [0.2, 0.25) is 0 Å². The van der Waals surface area contributed by atoms with Gasteiger partial charge in [-0.2, -0.15) is 0 Å². The summed E-state index contributed by atoms with van der Waals surface area (Å²) in [5.41, 5.74) is 2.57. The Balaban J connectivity index is 2.04. The van der Waals surface area contributed by atoms with E-state index < -0.39 is 0 Å². The molecule has 6 heteroatoms. The van der Waals surface area contributed by atoms with Crippen LogP contribution in [0.4, 0.5) is 0 Å². The predicted octanol–water partition coefficient (Wildman–Crippen LogP) is 4.54. The molecule has 0 fully saturated rings. The molecule has 0 aliphatic rings. The summed E-state index contributed by atoms with van der Waals surface area (Å²) >= 11 is 0. The Bertz CT molecular complexity index is 1190. The molecule has 138 valence electrons. The van der Waals surface area contributed by atoms with Crippen molar-refractivity contribution in [1.29, 1.82) is 0 Å². The van der Waals surface area contributed by atoms with Gasteiger partial charge in [-0.05, 0) is 36.8 Å². The highest BCUT2D eigenvalue weighted by Gasteiger charge is 2.18. The molecule has 6 nitrogen and oxygen atoms in total. The zero-order chi connectivity index (χ0) is 19.1. The molecule has 0 spiro atoms. The van der Waals surface area contributed by atoms with E-state index in [9.17, 15) is 4.79 Å². The van der Waals surface area contributed by atoms with E-state index in [0.29, 0.717) is 45.1 Å². The quantitative estimate of drug-likeness (QED) is 0.528. The van der Waals surface area contributed by atoms with Crippen molar-refractivity contribution in [1.82, 2.24) is 0 Å². The zero-order valence-corrected chi connectivity index (χ0v) is 15.4. The molecule has 0 N–H and O–H groups in total. The summed E-state index contributed by atoms with van der Waals surface area (Å²) in [4.78, 5) is 12.7. The first kappa shape index (κ1) is 17.0. The Hall–Kier alpha value is -3.41. The first-order valence-corrected chi connectivity index (χ1v) is 8.32. The second-order valence-corrected chi connectivity index (χ2v) is 6.12. The maximum atomic E-state index is 12.7. The molecule has 4 aromatic rings. The Morgan fingerprint density at radius 3 is 2.26 bits per heavy atom. The van der Waals surface area contributed by atoms with E-state index >= 15 is 0 Å². The Morgan fingerprint density at radius 1 is 0.926 bits per heavy atom. The highest BCUT2D eigenvalue weighted by atomic mass is 16.5. The third-order valence-corrected chi connectivity index (χ3v) is 4.57. The first-order chi connectivity index (χ1) is 13.1. The Labute approximate surface area is 154 Å². The molecule has 0 aliphatic carbocycles. The highest BCUT2D eigenvalue weighted by molar-refractivity contribution is 6.04. The number of aryl methyl sites for hydroxylation is 1. The summed E-state index contributed by atoms with van der Waals surface area (Å²) in [6.07, 6.45) is 1.65. The standard InChI is InChI=1S/C21H18O6/c1-11-10-26-15-6-5-13-14(22)9-16(27-20(13)19(11)15)12-7-17(23-2)21(25-4)18(8-12)24-3/h5-10H,1-4H3. The smallest absolute Gasteiger partial charge is 0.203 e. The molecule has 27 heavy (non-hydrogen) atoms. The number of methoxy groups -OCH3 is 3. The lowest BCUT2D eigenvalue weighted by atomic mass is 10.1. The van der Waals surface area contributed by atoms with Crippen LogP contribution >= 0.6 is 0 Å². The molecule has 0 aliphatic heterocycles. The van der Waals surface area contributed by atoms with Crippen molar-refractivity contribution in [3.63, 3.8) is 0 Å². The van der Waals surface area contributed by atoms with Crippen LogP contribution in [0.25, 0.3) is 33.3 Å². The lowest BCUT2D eigenvalue weighted by Gasteiger charge is -2.14. The molecule has 2 heterocycles. The second kappa shape index (κ2) is 6.39. The van der Waals surface area contributed by atoms with Gasteiger partial charge in [0.15, 0.2) is 16.9 Å². The number of hydrogen-bond acceptors (Lipinski definition) is 6. The summed E-state index contributed by atoms with van der Waals surface area (Å²) in [6.45, 7) is 1.91.